The molecule has 0 aromatic carbocycles. The summed E-state index contributed by atoms with van der Waals surface area (Å²) in [5.41, 5.74) is 0.437. The summed E-state index contributed by atoms with van der Waals surface area (Å²) in [4.78, 5) is 37.2. The molecule has 0 saturated heterocycles. The average molecular weight is 571 g/mol. The van der Waals surface area contributed by atoms with Crippen LogP contribution in [0.5, 0.6) is 0 Å². The van der Waals surface area contributed by atoms with Gasteiger partial charge in [-0.2, -0.15) is 0 Å². The van der Waals surface area contributed by atoms with E-state index >= 15 is 0 Å². The van der Waals surface area contributed by atoms with Crippen molar-refractivity contribution in [3.05, 3.63) is 23.5 Å². The third kappa shape index (κ3) is 5.42. The van der Waals surface area contributed by atoms with Gasteiger partial charge in [0.05, 0.1) is 0 Å². The summed E-state index contributed by atoms with van der Waals surface area (Å²) in [5, 5.41) is 0. The Kier molecular flexibility index (Phi) is 8.94. The van der Waals surface area contributed by atoms with Crippen molar-refractivity contribution in [1.82, 2.24) is 0 Å². The van der Waals surface area contributed by atoms with E-state index in [0.29, 0.717) is 29.9 Å². The first-order valence-corrected chi connectivity index (χ1v) is 16.0. The standard InChI is InChI=1S/C35H54O6/c1-20(2)12-11-13-21(3)27-16-17-33(8)32-30(40-24(6)37)18-26-22(4)29(39-23(5)36)15-14-28(26)35(32,10)31(41-25(7)38)19-34(27,33)9/h14,18,20-22,26-27,29,31-32H,11-13,15-17,19H2,1-10H3/t21-,22+,26+,27-,29+,31+,32+,33+,34-,35-/m1/s1. The van der Waals surface area contributed by atoms with E-state index in [-0.39, 0.29) is 58.7 Å². The van der Waals surface area contributed by atoms with E-state index in [0.717, 1.165) is 19.3 Å². The van der Waals surface area contributed by atoms with Crippen LogP contribution in [0.15, 0.2) is 23.5 Å². The normalized spacial score (nSPS) is 40.4. The summed E-state index contributed by atoms with van der Waals surface area (Å²) in [6.45, 7) is 20.6. The number of hydrogen-bond donors (Lipinski definition) is 0. The van der Waals surface area contributed by atoms with Crippen molar-refractivity contribution >= 4 is 17.9 Å². The second-order valence-electron chi connectivity index (χ2n) is 14.9. The SMILES string of the molecule is CC(=O)OC1=C[C@@H]2C(=CC[C@H](OC(C)=O)[C@H]2C)[C@]2(C)[C@@H](OC(C)=O)C[C@]3(C)[C@@H]([C@H](C)CCCC(C)C)CC[C@@]3(C)[C@H]12. The van der Waals surface area contributed by atoms with E-state index < -0.39 is 5.41 Å². The lowest BCUT2D eigenvalue weighted by molar-refractivity contribution is -0.196. The molecular formula is C35H54O6. The predicted octanol–water partition coefficient (Wildman–Crippen LogP) is 7.80. The van der Waals surface area contributed by atoms with Crippen LogP contribution in [0.2, 0.25) is 0 Å². The van der Waals surface area contributed by atoms with E-state index in [4.69, 9.17) is 14.2 Å². The molecule has 2 saturated carbocycles. The lowest BCUT2D eigenvalue weighted by Gasteiger charge is -2.65. The van der Waals surface area contributed by atoms with Gasteiger partial charge in [-0.15, -0.1) is 0 Å². The van der Waals surface area contributed by atoms with Crippen molar-refractivity contribution in [3.63, 3.8) is 0 Å². The first-order valence-electron chi connectivity index (χ1n) is 16.0. The molecule has 0 amide bonds. The number of carbonyl (C=O) groups excluding carboxylic acids is 3. The molecule has 2 fully saturated rings. The van der Waals surface area contributed by atoms with Crippen LogP contribution in [0.4, 0.5) is 0 Å². The Morgan fingerprint density at radius 2 is 1.61 bits per heavy atom. The van der Waals surface area contributed by atoms with Crippen molar-refractivity contribution in [2.24, 2.45) is 51.8 Å². The molecule has 0 radical (unpaired) electrons. The lowest BCUT2D eigenvalue weighted by atomic mass is 9.40. The van der Waals surface area contributed by atoms with Gasteiger partial charge in [0.2, 0.25) is 0 Å². The van der Waals surface area contributed by atoms with E-state index in [9.17, 15) is 14.4 Å². The fourth-order valence-corrected chi connectivity index (χ4v) is 9.90. The summed E-state index contributed by atoms with van der Waals surface area (Å²) in [7, 11) is 0. The number of fused-ring (bicyclic) bond motifs is 5. The molecule has 10 atom stereocenters. The van der Waals surface area contributed by atoms with Crippen LogP contribution >= 0.6 is 0 Å². The zero-order valence-corrected chi connectivity index (χ0v) is 27.2. The third-order valence-electron chi connectivity index (χ3n) is 12.0. The predicted molar refractivity (Wildman–Crippen MR) is 159 cm³/mol. The Morgan fingerprint density at radius 1 is 0.951 bits per heavy atom. The topological polar surface area (TPSA) is 78.9 Å². The minimum atomic E-state index is -0.546. The quantitative estimate of drug-likeness (QED) is 0.168. The zero-order chi connectivity index (χ0) is 30.5. The Morgan fingerprint density at radius 3 is 2.20 bits per heavy atom. The van der Waals surface area contributed by atoms with Gasteiger partial charge in [-0.05, 0) is 53.9 Å². The summed E-state index contributed by atoms with van der Waals surface area (Å²) in [5.74, 6) is 1.36. The maximum absolute atomic E-state index is 12.7. The van der Waals surface area contributed by atoms with Gasteiger partial charge in [-0.25, -0.2) is 0 Å². The van der Waals surface area contributed by atoms with Gasteiger partial charge in [-0.1, -0.05) is 79.4 Å². The number of allylic oxidation sites excluding steroid dienone is 2. The monoisotopic (exact) mass is 570 g/mol. The number of hydrogen-bond acceptors (Lipinski definition) is 6. The molecule has 230 valence electrons. The van der Waals surface area contributed by atoms with Crippen molar-refractivity contribution in [2.75, 3.05) is 0 Å². The Labute approximate surface area is 248 Å². The second kappa shape index (κ2) is 11.5. The molecule has 6 nitrogen and oxygen atoms in total. The summed E-state index contributed by atoms with van der Waals surface area (Å²) >= 11 is 0. The van der Waals surface area contributed by atoms with Crippen molar-refractivity contribution < 1.29 is 28.6 Å². The van der Waals surface area contributed by atoms with Crippen LogP contribution in [0.3, 0.4) is 0 Å². The van der Waals surface area contributed by atoms with Gasteiger partial charge >= 0.3 is 17.9 Å². The first-order chi connectivity index (χ1) is 19.1. The fourth-order valence-electron chi connectivity index (χ4n) is 9.90. The summed E-state index contributed by atoms with van der Waals surface area (Å²) in [6, 6.07) is 0. The number of esters is 3. The molecular weight excluding hydrogens is 516 g/mol. The Balaban J connectivity index is 1.84. The highest BCUT2D eigenvalue weighted by molar-refractivity contribution is 5.68. The van der Waals surface area contributed by atoms with Gasteiger partial charge < -0.3 is 14.2 Å². The molecule has 41 heavy (non-hydrogen) atoms. The molecule has 0 heterocycles. The smallest absolute Gasteiger partial charge is 0.307 e. The van der Waals surface area contributed by atoms with E-state index in [1.165, 1.54) is 45.6 Å². The number of carbonyl (C=O) groups is 3. The van der Waals surface area contributed by atoms with Crippen LogP contribution in [0.25, 0.3) is 0 Å². The zero-order valence-electron chi connectivity index (χ0n) is 27.2. The third-order valence-corrected chi connectivity index (χ3v) is 12.0. The lowest BCUT2D eigenvalue weighted by Crippen LogP contribution is -2.64. The Hall–Kier alpha value is -2.11. The second-order valence-corrected chi connectivity index (χ2v) is 14.9. The van der Waals surface area contributed by atoms with E-state index in [1.807, 2.05) is 0 Å². The molecule has 0 aromatic heterocycles. The van der Waals surface area contributed by atoms with Crippen LogP contribution in [-0.2, 0) is 28.6 Å². The molecule has 0 aliphatic heterocycles. The first kappa shape index (κ1) is 31.8. The van der Waals surface area contributed by atoms with Crippen LogP contribution in [-0.4, -0.2) is 30.1 Å². The molecule has 4 aliphatic carbocycles. The maximum Gasteiger partial charge on any atom is 0.307 e. The maximum atomic E-state index is 12.7. The summed E-state index contributed by atoms with van der Waals surface area (Å²) in [6.07, 6.45) is 11.0. The largest absolute Gasteiger partial charge is 0.462 e. The highest BCUT2D eigenvalue weighted by Crippen LogP contribution is 2.75. The molecule has 0 N–H and O–H groups in total. The summed E-state index contributed by atoms with van der Waals surface area (Å²) < 4.78 is 18.2. The highest BCUT2D eigenvalue weighted by Gasteiger charge is 2.72. The minimum absolute atomic E-state index is 0.00127. The van der Waals surface area contributed by atoms with Crippen molar-refractivity contribution in [2.45, 2.75) is 126 Å². The van der Waals surface area contributed by atoms with Crippen LogP contribution in [0, 0.1) is 51.8 Å². The highest BCUT2D eigenvalue weighted by atomic mass is 16.6. The molecule has 4 aliphatic rings. The van der Waals surface area contributed by atoms with Crippen molar-refractivity contribution in [3.8, 4) is 0 Å². The van der Waals surface area contributed by atoms with Crippen LogP contribution in [0.1, 0.15) is 114 Å². The van der Waals surface area contributed by atoms with Crippen molar-refractivity contribution in [1.29, 1.82) is 0 Å². The molecule has 0 spiro atoms. The van der Waals surface area contributed by atoms with Gasteiger partial charge in [0.15, 0.2) is 0 Å². The molecule has 0 unspecified atom stereocenters. The molecule has 0 aromatic rings. The van der Waals surface area contributed by atoms with Gasteiger partial charge in [0.1, 0.15) is 18.0 Å². The molecule has 4 rings (SSSR count). The molecule has 0 bridgehead atoms. The average Bonchev–Trinajstić information content (AvgIpc) is 3.10. The van der Waals surface area contributed by atoms with Gasteiger partial charge in [0.25, 0.3) is 0 Å². The number of rotatable bonds is 8. The Bertz CT molecular complexity index is 1100. The van der Waals surface area contributed by atoms with Crippen LogP contribution < -0.4 is 0 Å². The minimum Gasteiger partial charge on any atom is -0.462 e. The van der Waals surface area contributed by atoms with Gasteiger partial charge in [0, 0.05) is 50.4 Å². The molecule has 6 heteroatoms. The number of ether oxygens (including phenoxy) is 3. The van der Waals surface area contributed by atoms with Gasteiger partial charge in [-0.3, -0.25) is 14.4 Å². The van der Waals surface area contributed by atoms with E-state index in [2.05, 4.69) is 60.6 Å². The van der Waals surface area contributed by atoms with E-state index in [1.54, 1.807) is 0 Å². The fraction of sp³-hybridized carbons (Fsp3) is 0.800.